The second kappa shape index (κ2) is 5.37. The lowest BCUT2D eigenvalue weighted by Gasteiger charge is -2.09. The predicted octanol–water partition coefficient (Wildman–Crippen LogP) is 2.70. The zero-order valence-corrected chi connectivity index (χ0v) is 12.4. The Labute approximate surface area is 125 Å². The molecule has 5 nitrogen and oxygen atoms in total. The van der Waals surface area contributed by atoms with Gasteiger partial charge in [-0.3, -0.25) is 4.68 Å². The van der Waals surface area contributed by atoms with Gasteiger partial charge in [-0.15, -0.1) is 11.6 Å². The van der Waals surface area contributed by atoms with Crippen LogP contribution >= 0.6 is 11.6 Å². The average molecular weight is 309 g/mol. The molecule has 110 valence electrons. The van der Waals surface area contributed by atoms with Crippen molar-refractivity contribution in [3.63, 3.8) is 0 Å². The van der Waals surface area contributed by atoms with E-state index in [9.17, 15) is 4.39 Å². The Morgan fingerprint density at radius 2 is 2.19 bits per heavy atom. The number of nitrogens with zero attached hydrogens (tertiary/aromatic N) is 4. The topological polar surface area (TPSA) is 44.9 Å². The molecule has 0 aliphatic rings. The standard InChI is InChI=1S/C14H14ClFN4O/c1-19-9(3-4-17-19)8-20-12-6-13(21-2)10(16)5-11(12)18-14(20)7-15/h3-6H,7-8H2,1-2H3. The summed E-state index contributed by atoms with van der Waals surface area (Å²) >= 11 is 5.97. The Bertz CT molecular complexity index is 796. The minimum absolute atomic E-state index is 0.190. The number of hydrogen-bond donors (Lipinski definition) is 0. The number of ether oxygens (including phenoxy) is 1. The molecule has 0 bridgehead atoms. The quantitative estimate of drug-likeness (QED) is 0.696. The van der Waals surface area contributed by atoms with Crippen molar-refractivity contribution in [2.75, 3.05) is 7.11 Å². The zero-order valence-electron chi connectivity index (χ0n) is 11.7. The first-order valence-electron chi connectivity index (χ1n) is 6.39. The fraction of sp³-hybridized carbons (Fsp3) is 0.286. The molecule has 7 heteroatoms. The number of alkyl halides is 1. The molecule has 0 spiro atoms. The number of aromatic nitrogens is 4. The van der Waals surface area contributed by atoms with E-state index in [-0.39, 0.29) is 11.6 Å². The molecule has 3 rings (SSSR count). The number of halogens is 2. The van der Waals surface area contributed by atoms with Gasteiger partial charge >= 0.3 is 0 Å². The van der Waals surface area contributed by atoms with Crippen LogP contribution < -0.4 is 4.74 Å². The molecule has 21 heavy (non-hydrogen) atoms. The second-order valence-electron chi connectivity index (χ2n) is 4.67. The molecule has 0 fully saturated rings. The first-order valence-corrected chi connectivity index (χ1v) is 6.93. The van der Waals surface area contributed by atoms with Crippen LogP contribution in [0.25, 0.3) is 11.0 Å². The van der Waals surface area contributed by atoms with Crippen LogP contribution in [0.4, 0.5) is 4.39 Å². The van der Waals surface area contributed by atoms with E-state index in [0.717, 1.165) is 11.2 Å². The van der Waals surface area contributed by atoms with Gasteiger partial charge in [-0.05, 0) is 6.07 Å². The molecule has 0 saturated heterocycles. The van der Waals surface area contributed by atoms with Gasteiger partial charge in [0.05, 0.1) is 36.3 Å². The molecular weight excluding hydrogens is 295 g/mol. The van der Waals surface area contributed by atoms with Gasteiger partial charge in [0.25, 0.3) is 0 Å². The number of fused-ring (bicyclic) bond motifs is 1. The lowest BCUT2D eigenvalue weighted by molar-refractivity contribution is 0.387. The van der Waals surface area contributed by atoms with Crippen molar-refractivity contribution in [3.05, 3.63) is 41.7 Å². The molecule has 0 aliphatic carbocycles. The first-order chi connectivity index (χ1) is 10.1. The summed E-state index contributed by atoms with van der Waals surface area (Å²) in [5, 5.41) is 4.15. The molecule has 0 N–H and O–H groups in total. The number of aryl methyl sites for hydroxylation is 1. The van der Waals surface area contributed by atoms with Crippen LogP contribution in [-0.4, -0.2) is 26.4 Å². The number of methoxy groups -OCH3 is 1. The third kappa shape index (κ3) is 2.35. The number of benzene rings is 1. The number of hydrogen-bond acceptors (Lipinski definition) is 3. The van der Waals surface area contributed by atoms with Crippen molar-refractivity contribution >= 4 is 22.6 Å². The highest BCUT2D eigenvalue weighted by Crippen LogP contribution is 2.26. The molecular formula is C14H14ClFN4O. The summed E-state index contributed by atoms with van der Waals surface area (Å²) in [6.45, 7) is 0.559. The van der Waals surface area contributed by atoms with Gasteiger partial charge in [-0.25, -0.2) is 9.37 Å². The zero-order chi connectivity index (χ0) is 15.0. The maximum Gasteiger partial charge on any atom is 0.167 e. The monoisotopic (exact) mass is 308 g/mol. The van der Waals surface area contributed by atoms with Gasteiger partial charge in [-0.2, -0.15) is 5.10 Å². The van der Waals surface area contributed by atoms with Crippen LogP contribution in [0.3, 0.4) is 0 Å². The van der Waals surface area contributed by atoms with Gasteiger partial charge in [0.15, 0.2) is 11.6 Å². The highest BCUT2D eigenvalue weighted by atomic mass is 35.5. The normalized spacial score (nSPS) is 11.2. The Kier molecular flexibility index (Phi) is 3.55. The van der Waals surface area contributed by atoms with Gasteiger partial charge in [0, 0.05) is 25.4 Å². The molecule has 2 heterocycles. The predicted molar refractivity (Wildman–Crippen MR) is 78.1 cm³/mol. The van der Waals surface area contributed by atoms with E-state index < -0.39 is 5.82 Å². The minimum Gasteiger partial charge on any atom is -0.494 e. The van der Waals surface area contributed by atoms with Crippen molar-refractivity contribution in [2.45, 2.75) is 12.4 Å². The van der Waals surface area contributed by atoms with Crippen LogP contribution in [0.2, 0.25) is 0 Å². The van der Waals surface area contributed by atoms with Gasteiger partial charge in [-0.1, -0.05) is 0 Å². The minimum atomic E-state index is -0.434. The first kappa shape index (κ1) is 13.9. The Morgan fingerprint density at radius 1 is 1.38 bits per heavy atom. The number of rotatable bonds is 4. The van der Waals surface area contributed by atoms with E-state index in [4.69, 9.17) is 16.3 Å². The van der Waals surface area contributed by atoms with Crippen LogP contribution in [0.1, 0.15) is 11.5 Å². The van der Waals surface area contributed by atoms with E-state index in [2.05, 4.69) is 10.1 Å². The van der Waals surface area contributed by atoms with E-state index in [1.165, 1.54) is 13.2 Å². The largest absolute Gasteiger partial charge is 0.494 e. The van der Waals surface area contributed by atoms with E-state index in [1.54, 1.807) is 16.9 Å². The highest BCUT2D eigenvalue weighted by molar-refractivity contribution is 6.16. The summed E-state index contributed by atoms with van der Waals surface area (Å²) < 4.78 is 22.6. The molecule has 0 radical (unpaired) electrons. The van der Waals surface area contributed by atoms with Crippen molar-refractivity contribution in [2.24, 2.45) is 7.05 Å². The van der Waals surface area contributed by atoms with Crippen molar-refractivity contribution in [3.8, 4) is 5.75 Å². The van der Waals surface area contributed by atoms with Crippen molar-refractivity contribution in [1.82, 2.24) is 19.3 Å². The fourth-order valence-electron chi connectivity index (χ4n) is 2.33. The Hall–Kier alpha value is -2.08. The van der Waals surface area contributed by atoms with E-state index >= 15 is 0 Å². The molecule has 0 unspecified atom stereocenters. The van der Waals surface area contributed by atoms with Crippen LogP contribution in [-0.2, 0) is 19.5 Å². The summed E-state index contributed by atoms with van der Waals surface area (Å²) in [5.74, 6) is 0.683. The van der Waals surface area contributed by atoms with Gasteiger partial charge in [0.1, 0.15) is 5.82 Å². The van der Waals surface area contributed by atoms with Crippen LogP contribution in [0.15, 0.2) is 24.4 Å². The van der Waals surface area contributed by atoms with Gasteiger partial charge < -0.3 is 9.30 Å². The molecule has 2 aromatic heterocycles. The lowest BCUT2D eigenvalue weighted by Crippen LogP contribution is -2.08. The molecule has 0 aliphatic heterocycles. The summed E-state index contributed by atoms with van der Waals surface area (Å²) in [7, 11) is 3.31. The van der Waals surface area contributed by atoms with E-state index in [0.29, 0.717) is 17.9 Å². The summed E-state index contributed by atoms with van der Waals surface area (Å²) in [4.78, 5) is 4.38. The Morgan fingerprint density at radius 3 is 2.81 bits per heavy atom. The van der Waals surface area contributed by atoms with Gasteiger partial charge in [0.2, 0.25) is 0 Å². The lowest BCUT2D eigenvalue weighted by atomic mass is 10.2. The fourth-order valence-corrected chi connectivity index (χ4v) is 2.53. The number of imidazole rings is 1. The molecule has 0 saturated carbocycles. The second-order valence-corrected chi connectivity index (χ2v) is 4.94. The molecule has 0 atom stereocenters. The van der Waals surface area contributed by atoms with Crippen LogP contribution in [0, 0.1) is 5.82 Å². The summed E-state index contributed by atoms with van der Waals surface area (Å²) in [5.41, 5.74) is 2.35. The summed E-state index contributed by atoms with van der Waals surface area (Å²) in [6.07, 6.45) is 1.73. The molecule has 1 aromatic carbocycles. The van der Waals surface area contributed by atoms with Crippen molar-refractivity contribution in [1.29, 1.82) is 0 Å². The average Bonchev–Trinajstić information content (AvgIpc) is 3.02. The van der Waals surface area contributed by atoms with Crippen LogP contribution in [0.5, 0.6) is 5.75 Å². The van der Waals surface area contributed by atoms with Crippen molar-refractivity contribution < 1.29 is 9.13 Å². The maximum atomic E-state index is 13.8. The third-order valence-electron chi connectivity index (χ3n) is 3.46. The smallest absolute Gasteiger partial charge is 0.167 e. The molecule has 0 amide bonds. The van der Waals surface area contributed by atoms with E-state index in [1.807, 2.05) is 17.7 Å². The SMILES string of the molecule is COc1cc2c(cc1F)nc(CCl)n2Cc1ccnn1C. The third-order valence-corrected chi connectivity index (χ3v) is 3.70. The summed E-state index contributed by atoms with van der Waals surface area (Å²) in [6, 6.07) is 4.93. The highest BCUT2D eigenvalue weighted by Gasteiger charge is 2.15. The Balaban J connectivity index is 2.17. The molecule has 3 aromatic rings. The maximum absolute atomic E-state index is 13.8.